The standard InChI is InChI=1S/C8H11N3OS2/c1-5-9-8(14-10-5)11-3-6(4-13)2-7(11)12/h6,13H,2-4H2,1H3. The zero-order valence-electron chi connectivity index (χ0n) is 7.80. The maximum Gasteiger partial charge on any atom is 0.229 e. The van der Waals surface area contributed by atoms with Gasteiger partial charge < -0.3 is 0 Å². The predicted molar refractivity (Wildman–Crippen MR) is 59.0 cm³/mol. The molecular formula is C8H11N3OS2. The molecule has 1 saturated heterocycles. The molecule has 1 amide bonds. The van der Waals surface area contributed by atoms with Crippen LogP contribution in [-0.4, -0.2) is 27.6 Å². The highest BCUT2D eigenvalue weighted by Crippen LogP contribution is 2.26. The van der Waals surface area contributed by atoms with Crippen molar-refractivity contribution in [3.8, 4) is 0 Å². The molecule has 76 valence electrons. The minimum Gasteiger partial charge on any atom is -0.287 e. The molecule has 1 aliphatic rings. The number of hydrogen-bond donors (Lipinski definition) is 1. The minimum absolute atomic E-state index is 0.139. The van der Waals surface area contributed by atoms with E-state index in [0.29, 0.717) is 12.3 Å². The Morgan fingerprint density at radius 1 is 1.71 bits per heavy atom. The first-order chi connectivity index (χ1) is 6.70. The Kier molecular flexibility index (Phi) is 2.73. The van der Waals surface area contributed by atoms with Crippen molar-refractivity contribution in [2.45, 2.75) is 13.3 Å². The van der Waals surface area contributed by atoms with Crippen LogP contribution in [0.3, 0.4) is 0 Å². The average molecular weight is 229 g/mol. The predicted octanol–water partition coefficient (Wildman–Crippen LogP) is 1.13. The lowest BCUT2D eigenvalue weighted by Gasteiger charge is -2.10. The first kappa shape index (κ1) is 9.92. The summed E-state index contributed by atoms with van der Waals surface area (Å²) in [6, 6.07) is 0. The highest BCUT2D eigenvalue weighted by Gasteiger charge is 2.31. The maximum atomic E-state index is 11.6. The minimum atomic E-state index is 0.139. The van der Waals surface area contributed by atoms with Crippen LogP contribution in [0.15, 0.2) is 0 Å². The van der Waals surface area contributed by atoms with Gasteiger partial charge in [-0.2, -0.15) is 17.0 Å². The molecule has 0 aromatic carbocycles. The van der Waals surface area contributed by atoms with Crippen LogP contribution < -0.4 is 4.90 Å². The summed E-state index contributed by atoms with van der Waals surface area (Å²) in [7, 11) is 0. The number of nitrogens with zero attached hydrogens (tertiary/aromatic N) is 3. The Morgan fingerprint density at radius 3 is 3.00 bits per heavy atom. The molecule has 0 N–H and O–H groups in total. The number of carbonyl (C=O) groups excluding carboxylic acids is 1. The van der Waals surface area contributed by atoms with Crippen LogP contribution >= 0.6 is 24.2 Å². The van der Waals surface area contributed by atoms with Crippen LogP contribution in [0.4, 0.5) is 5.13 Å². The summed E-state index contributed by atoms with van der Waals surface area (Å²) in [4.78, 5) is 17.5. The summed E-state index contributed by atoms with van der Waals surface area (Å²) in [5, 5.41) is 0.719. The largest absolute Gasteiger partial charge is 0.287 e. The number of aromatic nitrogens is 2. The Balaban J connectivity index is 2.16. The Labute approximate surface area is 91.9 Å². The quantitative estimate of drug-likeness (QED) is 0.773. The molecule has 1 aromatic heterocycles. The van der Waals surface area contributed by atoms with Gasteiger partial charge in [-0.05, 0) is 18.6 Å². The van der Waals surface area contributed by atoms with Crippen molar-refractivity contribution in [2.24, 2.45) is 5.92 Å². The van der Waals surface area contributed by atoms with Gasteiger partial charge in [-0.1, -0.05) is 0 Å². The van der Waals surface area contributed by atoms with Crippen molar-refractivity contribution in [1.82, 2.24) is 9.36 Å². The molecular weight excluding hydrogens is 218 g/mol. The van der Waals surface area contributed by atoms with Gasteiger partial charge in [-0.3, -0.25) is 9.69 Å². The summed E-state index contributed by atoms with van der Waals surface area (Å²) >= 11 is 5.49. The molecule has 0 saturated carbocycles. The topological polar surface area (TPSA) is 46.1 Å². The smallest absolute Gasteiger partial charge is 0.229 e. The second-order valence-corrected chi connectivity index (χ2v) is 4.48. The van der Waals surface area contributed by atoms with Gasteiger partial charge in [-0.15, -0.1) is 0 Å². The highest BCUT2D eigenvalue weighted by atomic mass is 32.1. The second-order valence-electron chi connectivity index (χ2n) is 3.38. The fourth-order valence-corrected chi connectivity index (χ4v) is 2.43. The van der Waals surface area contributed by atoms with Gasteiger partial charge in [-0.25, -0.2) is 4.98 Å². The number of thiol groups is 1. The zero-order chi connectivity index (χ0) is 10.1. The summed E-state index contributed by atoms with van der Waals surface area (Å²) in [6.07, 6.45) is 0.585. The number of carbonyl (C=O) groups is 1. The van der Waals surface area contributed by atoms with E-state index in [2.05, 4.69) is 22.0 Å². The SMILES string of the molecule is Cc1nsc(N2CC(CS)CC2=O)n1. The number of anilines is 1. The van der Waals surface area contributed by atoms with Gasteiger partial charge in [0.15, 0.2) is 0 Å². The summed E-state index contributed by atoms with van der Waals surface area (Å²) in [5.74, 6) is 1.97. The van der Waals surface area contributed by atoms with E-state index in [1.54, 1.807) is 4.90 Å². The molecule has 1 aliphatic heterocycles. The van der Waals surface area contributed by atoms with Crippen molar-refractivity contribution >= 4 is 35.2 Å². The maximum absolute atomic E-state index is 11.6. The molecule has 14 heavy (non-hydrogen) atoms. The van der Waals surface area contributed by atoms with Gasteiger partial charge in [0.2, 0.25) is 11.0 Å². The molecule has 4 nitrogen and oxygen atoms in total. The van der Waals surface area contributed by atoms with Crippen LogP contribution in [0.2, 0.25) is 0 Å². The van der Waals surface area contributed by atoms with E-state index >= 15 is 0 Å². The Hall–Kier alpha value is -0.620. The van der Waals surface area contributed by atoms with E-state index in [-0.39, 0.29) is 5.91 Å². The fraction of sp³-hybridized carbons (Fsp3) is 0.625. The normalized spacial score (nSPS) is 22.0. The Bertz CT molecular complexity index is 352. The lowest BCUT2D eigenvalue weighted by Crippen LogP contribution is -2.24. The van der Waals surface area contributed by atoms with Crippen LogP contribution in [0, 0.1) is 12.8 Å². The van der Waals surface area contributed by atoms with Crippen LogP contribution in [0.25, 0.3) is 0 Å². The van der Waals surface area contributed by atoms with Gasteiger partial charge in [0.1, 0.15) is 5.82 Å². The molecule has 6 heteroatoms. The molecule has 1 atom stereocenters. The summed E-state index contributed by atoms with van der Waals surface area (Å²) < 4.78 is 4.06. The van der Waals surface area contributed by atoms with Crippen molar-refractivity contribution in [3.05, 3.63) is 5.82 Å². The van der Waals surface area contributed by atoms with E-state index in [1.165, 1.54) is 11.5 Å². The first-order valence-corrected chi connectivity index (χ1v) is 5.83. The first-order valence-electron chi connectivity index (χ1n) is 4.42. The molecule has 2 heterocycles. The lowest BCUT2D eigenvalue weighted by molar-refractivity contribution is -0.117. The number of amides is 1. The van der Waals surface area contributed by atoms with Crippen LogP contribution in [-0.2, 0) is 4.79 Å². The van der Waals surface area contributed by atoms with Crippen molar-refractivity contribution < 1.29 is 4.79 Å². The molecule has 1 fully saturated rings. The van der Waals surface area contributed by atoms with E-state index in [0.717, 1.165) is 23.3 Å². The third-order valence-corrected chi connectivity index (χ3v) is 3.56. The fourth-order valence-electron chi connectivity index (χ4n) is 1.48. The number of aryl methyl sites for hydroxylation is 1. The van der Waals surface area contributed by atoms with Gasteiger partial charge >= 0.3 is 0 Å². The van der Waals surface area contributed by atoms with Crippen LogP contribution in [0.1, 0.15) is 12.2 Å². The molecule has 0 aliphatic carbocycles. The second kappa shape index (κ2) is 3.86. The lowest BCUT2D eigenvalue weighted by atomic mass is 10.1. The third-order valence-electron chi connectivity index (χ3n) is 2.21. The van der Waals surface area contributed by atoms with Crippen molar-refractivity contribution in [2.75, 3.05) is 17.2 Å². The third kappa shape index (κ3) is 1.76. The number of hydrogen-bond acceptors (Lipinski definition) is 5. The van der Waals surface area contributed by atoms with E-state index < -0.39 is 0 Å². The monoisotopic (exact) mass is 229 g/mol. The van der Waals surface area contributed by atoms with Crippen LogP contribution in [0.5, 0.6) is 0 Å². The summed E-state index contributed by atoms with van der Waals surface area (Å²) in [5.41, 5.74) is 0. The molecule has 0 spiro atoms. The summed E-state index contributed by atoms with van der Waals surface area (Å²) in [6.45, 7) is 2.56. The Morgan fingerprint density at radius 2 is 2.50 bits per heavy atom. The molecule has 2 rings (SSSR count). The highest BCUT2D eigenvalue weighted by molar-refractivity contribution is 7.80. The molecule has 0 bridgehead atoms. The molecule has 1 aromatic rings. The van der Waals surface area contributed by atoms with E-state index in [4.69, 9.17) is 0 Å². The molecule has 0 radical (unpaired) electrons. The van der Waals surface area contributed by atoms with Crippen molar-refractivity contribution in [1.29, 1.82) is 0 Å². The van der Waals surface area contributed by atoms with Gasteiger partial charge in [0, 0.05) is 24.5 Å². The average Bonchev–Trinajstić information content (AvgIpc) is 2.71. The van der Waals surface area contributed by atoms with Crippen molar-refractivity contribution in [3.63, 3.8) is 0 Å². The molecule has 1 unspecified atom stereocenters. The number of rotatable bonds is 2. The van der Waals surface area contributed by atoms with E-state index in [9.17, 15) is 4.79 Å². The van der Waals surface area contributed by atoms with E-state index in [1.807, 2.05) is 6.92 Å². The zero-order valence-corrected chi connectivity index (χ0v) is 9.51. The van der Waals surface area contributed by atoms with Gasteiger partial charge in [0.05, 0.1) is 0 Å². The van der Waals surface area contributed by atoms with Gasteiger partial charge in [0.25, 0.3) is 0 Å².